The number of oxime groups is 1. The number of amidine groups is 1. The first-order valence-corrected chi connectivity index (χ1v) is 6.12. The number of nitrogens with zero attached hydrogens (tertiary/aromatic N) is 2. The Morgan fingerprint density at radius 1 is 1.41 bits per heavy atom. The standard InChI is InChI=1S/C12H13N3OS/c1-8(11-6-17-7-14-11)9-2-4-10(5-3-9)12(13)15-16/h2-8,16H,1H3,(H2,13,15). The van der Waals surface area contributed by atoms with Gasteiger partial charge in [-0.2, -0.15) is 0 Å². The van der Waals surface area contributed by atoms with Gasteiger partial charge < -0.3 is 10.9 Å². The van der Waals surface area contributed by atoms with E-state index in [1.54, 1.807) is 11.3 Å². The third-order valence-electron chi connectivity index (χ3n) is 2.71. The van der Waals surface area contributed by atoms with Gasteiger partial charge in [0, 0.05) is 16.9 Å². The Bertz CT molecular complexity index is 505. The smallest absolute Gasteiger partial charge is 0.170 e. The molecule has 88 valence electrons. The van der Waals surface area contributed by atoms with E-state index in [0.717, 1.165) is 11.3 Å². The molecule has 0 radical (unpaired) electrons. The Labute approximate surface area is 103 Å². The Balaban J connectivity index is 2.24. The van der Waals surface area contributed by atoms with Gasteiger partial charge in [-0.15, -0.1) is 11.3 Å². The summed E-state index contributed by atoms with van der Waals surface area (Å²) in [4.78, 5) is 4.30. The molecule has 0 aliphatic carbocycles. The van der Waals surface area contributed by atoms with Crippen LogP contribution in [-0.4, -0.2) is 16.0 Å². The summed E-state index contributed by atoms with van der Waals surface area (Å²) in [5.74, 6) is 0.375. The van der Waals surface area contributed by atoms with Crippen LogP contribution in [-0.2, 0) is 0 Å². The van der Waals surface area contributed by atoms with E-state index >= 15 is 0 Å². The van der Waals surface area contributed by atoms with Crippen LogP contribution in [0.2, 0.25) is 0 Å². The molecule has 0 saturated heterocycles. The number of hydrogen-bond acceptors (Lipinski definition) is 4. The lowest BCUT2D eigenvalue weighted by Gasteiger charge is -2.09. The first-order valence-electron chi connectivity index (χ1n) is 5.18. The molecule has 2 aromatic rings. The molecular weight excluding hydrogens is 234 g/mol. The SMILES string of the molecule is CC(c1ccc(/C(N)=N/O)cc1)c1cscn1. The topological polar surface area (TPSA) is 71.5 Å². The van der Waals surface area contributed by atoms with Crippen molar-refractivity contribution in [2.24, 2.45) is 10.9 Å². The van der Waals surface area contributed by atoms with Crippen molar-refractivity contribution in [3.63, 3.8) is 0 Å². The number of rotatable bonds is 3. The molecule has 2 rings (SSSR count). The number of aromatic nitrogens is 1. The van der Waals surface area contributed by atoms with Gasteiger partial charge in [-0.05, 0) is 5.56 Å². The molecule has 1 unspecified atom stereocenters. The number of nitrogens with two attached hydrogens (primary N) is 1. The lowest BCUT2D eigenvalue weighted by atomic mass is 9.97. The van der Waals surface area contributed by atoms with E-state index in [-0.39, 0.29) is 11.8 Å². The molecule has 3 N–H and O–H groups in total. The van der Waals surface area contributed by atoms with Crippen LogP contribution in [0.15, 0.2) is 40.3 Å². The van der Waals surface area contributed by atoms with Crippen molar-refractivity contribution >= 4 is 17.2 Å². The molecule has 0 spiro atoms. The predicted molar refractivity (Wildman–Crippen MR) is 68.6 cm³/mol. The van der Waals surface area contributed by atoms with Gasteiger partial charge in [-0.1, -0.05) is 36.3 Å². The van der Waals surface area contributed by atoms with Crippen molar-refractivity contribution in [3.05, 3.63) is 52.0 Å². The van der Waals surface area contributed by atoms with Crippen LogP contribution in [0, 0.1) is 0 Å². The zero-order valence-electron chi connectivity index (χ0n) is 9.37. The minimum atomic E-state index is 0.123. The summed E-state index contributed by atoms with van der Waals surface area (Å²) in [7, 11) is 0. The fraction of sp³-hybridized carbons (Fsp3) is 0.167. The van der Waals surface area contributed by atoms with Crippen LogP contribution >= 0.6 is 11.3 Å². The molecule has 1 aromatic heterocycles. The normalized spacial score (nSPS) is 13.6. The van der Waals surface area contributed by atoms with Crippen molar-refractivity contribution < 1.29 is 5.21 Å². The zero-order valence-corrected chi connectivity index (χ0v) is 10.2. The van der Waals surface area contributed by atoms with E-state index in [9.17, 15) is 0 Å². The lowest BCUT2D eigenvalue weighted by Crippen LogP contribution is -2.12. The van der Waals surface area contributed by atoms with Gasteiger partial charge in [0.2, 0.25) is 0 Å². The molecular formula is C12H13N3OS. The van der Waals surface area contributed by atoms with Crippen molar-refractivity contribution in [1.29, 1.82) is 0 Å². The Morgan fingerprint density at radius 3 is 2.65 bits per heavy atom. The molecule has 0 amide bonds. The van der Waals surface area contributed by atoms with E-state index in [1.807, 2.05) is 35.2 Å². The summed E-state index contributed by atoms with van der Waals surface area (Å²) in [6, 6.07) is 7.62. The molecule has 4 nitrogen and oxygen atoms in total. The molecule has 0 aliphatic heterocycles. The summed E-state index contributed by atoms with van der Waals surface area (Å²) in [5, 5.41) is 13.6. The van der Waals surface area contributed by atoms with Crippen LogP contribution in [0.25, 0.3) is 0 Å². The predicted octanol–water partition coefficient (Wildman–Crippen LogP) is 2.39. The highest BCUT2D eigenvalue weighted by Crippen LogP contribution is 2.23. The largest absolute Gasteiger partial charge is 0.409 e. The zero-order chi connectivity index (χ0) is 12.3. The Morgan fingerprint density at radius 2 is 2.12 bits per heavy atom. The minimum Gasteiger partial charge on any atom is -0.409 e. The molecule has 17 heavy (non-hydrogen) atoms. The Hall–Kier alpha value is -1.88. The summed E-state index contributed by atoms with van der Waals surface area (Å²) in [5.41, 5.74) is 10.3. The summed E-state index contributed by atoms with van der Waals surface area (Å²) in [6.07, 6.45) is 0. The van der Waals surface area contributed by atoms with E-state index in [4.69, 9.17) is 10.9 Å². The maximum absolute atomic E-state index is 8.57. The van der Waals surface area contributed by atoms with E-state index in [0.29, 0.717) is 5.56 Å². The second-order valence-electron chi connectivity index (χ2n) is 3.74. The highest BCUT2D eigenvalue weighted by molar-refractivity contribution is 7.07. The van der Waals surface area contributed by atoms with Crippen molar-refractivity contribution in [1.82, 2.24) is 4.98 Å². The first kappa shape index (κ1) is 11.6. The fourth-order valence-corrected chi connectivity index (χ4v) is 2.25. The summed E-state index contributed by atoms with van der Waals surface area (Å²) < 4.78 is 0. The van der Waals surface area contributed by atoms with E-state index in [1.165, 1.54) is 0 Å². The van der Waals surface area contributed by atoms with Gasteiger partial charge in [0.1, 0.15) is 0 Å². The highest BCUT2D eigenvalue weighted by atomic mass is 32.1. The fourth-order valence-electron chi connectivity index (χ4n) is 1.61. The van der Waals surface area contributed by atoms with Crippen molar-refractivity contribution in [2.75, 3.05) is 0 Å². The Kier molecular flexibility index (Phi) is 3.39. The van der Waals surface area contributed by atoms with Crippen LogP contribution in [0.4, 0.5) is 0 Å². The van der Waals surface area contributed by atoms with Gasteiger partial charge in [-0.25, -0.2) is 4.98 Å². The monoisotopic (exact) mass is 247 g/mol. The van der Waals surface area contributed by atoms with Crippen molar-refractivity contribution in [3.8, 4) is 0 Å². The van der Waals surface area contributed by atoms with Gasteiger partial charge in [0.05, 0.1) is 11.2 Å². The summed E-state index contributed by atoms with van der Waals surface area (Å²) >= 11 is 1.59. The molecule has 5 heteroatoms. The molecule has 0 saturated carbocycles. The van der Waals surface area contributed by atoms with Crippen LogP contribution in [0.5, 0.6) is 0 Å². The maximum Gasteiger partial charge on any atom is 0.170 e. The summed E-state index contributed by atoms with van der Waals surface area (Å²) in [6.45, 7) is 2.10. The molecule has 1 aromatic carbocycles. The van der Waals surface area contributed by atoms with Gasteiger partial charge in [-0.3, -0.25) is 0 Å². The van der Waals surface area contributed by atoms with Crippen LogP contribution in [0.1, 0.15) is 29.7 Å². The van der Waals surface area contributed by atoms with Crippen molar-refractivity contribution in [2.45, 2.75) is 12.8 Å². The number of thiazole rings is 1. The number of benzene rings is 1. The van der Waals surface area contributed by atoms with Gasteiger partial charge in [0.15, 0.2) is 5.84 Å². The lowest BCUT2D eigenvalue weighted by molar-refractivity contribution is 0.318. The first-order chi connectivity index (χ1) is 8.22. The molecule has 0 bridgehead atoms. The molecule has 1 atom stereocenters. The third kappa shape index (κ3) is 2.45. The maximum atomic E-state index is 8.57. The molecule has 0 aliphatic rings. The third-order valence-corrected chi connectivity index (χ3v) is 3.31. The average Bonchev–Trinajstić information content (AvgIpc) is 2.91. The second-order valence-corrected chi connectivity index (χ2v) is 4.46. The van der Waals surface area contributed by atoms with Gasteiger partial charge >= 0.3 is 0 Å². The molecule has 1 heterocycles. The average molecular weight is 247 g/mol. The minimum absolute atomic E-state index is 0.123. The number of hydrogen-bond donors (Lipinski definition) is 2. The highest BCUT2D eigenvalue weighted by Gasteiger charge is 2.10. The second kappa shape index (κ2) is 4.97. The van der Waals surface area contributed by atoms with Crippen LogP contribution in [0.3, 0.4) is 0 Å². The van der Waals surface area contributed by atoms with E-state index < -0.39 is 0 Å². The molecule has 0 fully saturated rings. The van der Waals surface area contributed by atoms with Crippen LogP contribution < -0.4 is 5.73 Å². The van der Waals surface area contributed by atoms with E-state index in [2.05, 4.69) is 17.1 Å². The quantitative estimate of drug-likeness (QED) is 0.378. The van der Waals surface area contributed by atoms with Gasteiger partial charge in [0.25, 0.3) is 0 Å².